The van der Waals surface area contributed by atoms with Crippen molar-refractivity contribution in [1.82, 2.24) is 4.98 Å². The number of halogens is 1. The molecule has 0 aliphatic rings. The normalized spacial score (nSPS) is 10.0. The highest BCUT2D eigenvalue weighted by molar-refractivity contribution is 7.08. The van der Waals surface area contributed by atoms with Gasteiger partial charge < -0.3 is 0 Å². The van der Waals surface area contributed by atoms with Crippen molar-refractivity contribution >= 4 is 34.5 Å². The standard InChI is InChI=1S/C13H9NS.ClH/c1-2-4-12-10(3-1)7-14-8-13(12)11-5-6-15-9-11;/h1-9H;1H. The Morgan fingerprint density at radius 1 is 1.00 bits per heavy atom. The molecule has 0 aliphatic heterocycles. The van der Waals surface area contributed by atoms with E-state index in [9.17, 15) is 0 Å². The highest BCUT2D eigenvalue weighted by Crippen LogP contribution is 2.28. The number of fused-ring (bicyclic) bond motifs is 1. The lowest BCUT2D eigenvalue weighted by molar-refractivity contribution is 1.36. The van der Waals surface area contributed by atoms with Crippen LogP contribution in [-0.2, 0) is 0 Å². The first kappa shape index (κ1) is 11.1. The van der Waals surface area contributed by atoms with Gasteiger partial charge in [-0.15, -0.1) is 12.4 Å². The second-order valence-electron chi connectivity index (χ2n) is 3.42. The molecule has 0 saturated heterocycles. The quantitative estimate of drug-likeness (QED) is 0.622. The lowest BCUT2D eigenvalue weighted by Crippen LogP contribution is -1.81. The van der Waals surface area contributed by atoms with E-state index in [0.29, 0.717) is 0 Å². The van der Waals surface area contributed by atoms with Gasteiger partial charge in [-0.25, -0.2) is 0 Å². The molecule has 1 nitrogen and oxygen atoms in total. The molecule has 0 fully saturated rings. The first-order chi connectivity index (χ1) is 7.45. The number of rotatable bonds is 1. The van der Waals surface area contributed by atoms with Gasteiger partial charge in [0.25, 0.3) is 0 Å². The first-order valence-corrected chi connectivity index (χ1v) is 5.75. The summed E-state index contributed by atoms with van der Waals surface area (Å²) in [5.41, 5.74) is 2.47. The van der Waals surface area contributed by atoms with Gasteiger partial charge in [0.2, 0.25) is 0 Å². The molecule has 0 aliphatic carbocycles. The molecule has 16 heavy (non-hydrogen) atoms. The van der Waals surface area contributed by atoms with Crippen LogP contribution in [0.5, 0.6) is 0 Å². The van der Waals surface area contributed by atoms with Gasteiger partial charge in [-0.05, 0) is 27.8 Å². The lowest BCUT2D eigenvalue weighted by atomic mass is 10.0. The summed E-state index contributed by atoms with van der Waals surface area (Å²) in [6.07, 6.45) is 3.84. The molecule has 0 bridgehead atoms. The number of pyridine rings is 1. The third-order valence-electron chi connectivity index (χ3n) is 2.50. The predicted molar refractivity (Wildman–Crippen MR) is 72.3 cm³/mol. The average molecular weight is 248 g/mol. The Morgan fingerprint density at radius 3 is 2.69 bits per heavy atom. The van der Waals surface area contributed by atoms with Gasteiger partial charge in [-0.1, -0.05) is 24.3 Å². The van der Waals surface area contributed by atoms with Crippen molar-refractivity contribution in [3.05, 3.63) is 53.5 Å². The lowest BCUT2D eigenvalue weighted by Gasteiger charge is -2.03. The smallest absolute Gasteiger partial charge is 0.0353 e. The monoisotopic (exact) mass is 247 g/mol. The van der Waals surface area contributed by atoms with Crippen LogP contribution in [0.15, 0.2) is 53.5 Å². The largest absolute Gasteiger partial charge is 0.263 e. The SMILES string of the molecule is Cl.c1ccc2c(-c3ccsc3)cncc2c1. The molecule has 0 saturated carbocycles. The highest BCUT2D eigenvalue weighted by atomic mass is 35.5. The molecule has 0 atom stereocenters. The van der Waals surface area contributed by atoms with E-state index in [2.05, 4.69) is 40.0 Å². The number of benzene rings is 1. The zero-order valence-corrected chi connectivity index (χ0v) is 10.1. The van der Waals surface area contributed by atoms with Crippen molar-refractivity contribution in [3.8, 4) is 11.1 Å². The molecule has 0 spiro atoms. The number of thiophene rings is 1. The summed E-state index contributed by atoms with van der Waals surface area (Å²) >= 11 is 1.72. The van der Waals surface area contributed by atoms with Gasteiger partial charge in [0.1, 0.15) is 0 Å². The number of aromatic nitrogens is 1. The Bertz CT molecular complexity index is 584. The van der Waals surface area contributed by atoms with E-state index < -0.39 is 0 Å². The minimum absolute atomic E-state index is 0. The molecule has 0 unspecified atom stereocenters. The van der Waals surface area contributed by atoms with Crippen LogP contribution in [0.1, 0.15) is 0 Å². The van der Waals surface area contributed by atoms with Crippen LogP contribution in [0.2, 0.25) is 0 Å². The van der Waals surface area contributed by atoms with Crippen molar-refractivity contribution in [2.45, 2.75) is 0 Å². The van der Waals surface area contributed by atoms with Crippen LogP contribution in [0, 0.1) is 0 Å². The minimum Gasteiger partial charge on any atom is -0.263 e. The second kappa shape index (κ2) is 4.64. The molecular formula is C13H10ClNS. The Hall–Kier alpha value is -1.38. The Labute approximate surface area is 104 Å². The summed E-state index contributed by atoms with van der Waals surface area (Å²) in [6, 6.07) is 10.5. The van der Waals surface area contributed by atoms with Crippen LogP contribution in [0.25, 0.3) is 21.9 Å². The molecule has 2 heterocycles. The van der Waals surface area contributed by atoms with Crippen LogP contribution in [-0.4, -0.2) is 4.98 Å². The van der Waals surface area contributed by atoms with Crippen LogP contribution in [0.3, 0.4) is 0 Å². The summed E-state index contributed by atoms with van der Waals surface area (Å²) in [5.74, 6) is 0. The van der Waals surface area contributed by atoms with Crippen LogP contribution >= 0.6 is 23.7 Å². The van der Waals surface area contributed by atoms with E-state index in [0.717, 1.165) is 0 Å². The third-order valence-corrected chi connectivity index (χ3v) is 3.18. The molecule has 0 N–H and O–H groups in total. The van der Waals surface area contributed by atoms with Crippen molar-refractivity contribution in [2.75, 3.05) is 0 Å². The summed E-state index contributed by atoms with van der Waals surface area (Å²) in [5, 5.41) is 6.72. The first-order valence-electron chi connectivity index (χ1n) is 4.80. The summed E-state index contributed by atoms with van der Waals surface area (Å²) < 4.78 is 0. The number of nitrogens with zero attached hydrogens (tertiary/aromatic N) is 1. The van der Waals surface area contributed by atoms with Gasteiger partial charge in [-0.3, -0.25) is 4.98 Å². The summed E-state index contributed by atoms with van der Waals surface area (Å²) in [6.45, 7) is 0. The van der Waals surface area contributed by atoms with Gasteiger partial charge in [0.15, 0.2) is 0 Å². The molecule has 2 aromatic heterocycles. The van der Waals surface area contributed by atoms with Gasteiger partial charge in [0.05, 0.1) is 0 Å². The van der Waals surface area contributed by atoms with E-state index in [1.165, 1.54) is 21.9 Å². The molecule has 1 aromatic carbocycles. The Morgan fingerprint density at radius 2 is 1.88 bits per heavy atom. The van der Waals surface area contributed by atoms with E-state index in [4.69, 9.17) is 0 Å². The predicted octanol–water partition coefficient (Wildman–Crippen LogP) is 4.39. The minimum atomic E-state index is 0. The highest BCUT2D eigenvalue weighted by Gasteiger charge is 2.03. The van der Waals surface area contributed by atoms with Crippen molar-refractivity contribution in [3.63, 3.8) is 0 Å². The molecule has 3 aromatic rings. The molecule has 80 valence electrons. The van der Waals surface area contributed by atoms with Gasteiger partial charge >= 0.3 is 0 Å². The molecule has 0 amide bonds. The number of hydrogen-bond acceptors (Lipinski definition) is 2. The Kier molecular flexibility index (Phi) is 3.22. The summed E-state index contributed by atoms with van der Waals surface area (Å²) in [4.78, 5) is 4.27. The maximum atomic E-state index is 4.27. The molecular weight excluding hydrogens is 238 g/mol. The Balaban J connectivity index is 0.000000963. The zero-order valence-electron chi connectivity index (χ0n) is 8.46. The second-order valence-corrected chi connectivity index (χ2v) is 4.20. The van der Waals surface area contributed by atoms with E-state index in [-0.39, 0.29) is 12.4 Å². The van der Waals surface area contributed by atoms with Crippen LogP contribution < -0.4 is 0 Å². The fourth-order valence-corrected chi connectivity index (χ4v) is 2.42. The third kappa shape index (κ3) is 1.82. The number of hydrogen-bond donors (Lipinski definition) is 0. The molecule has 3 heteroatoms. The van der Waals surface area contributed by atoms with Crippen LogP contribution in [0.4, 0.5) is 0 Å². The molecule has 3 rings (SSSR count). The summed E-state index contributed by atoms with van der Waals surface area (Å²) in [7, 11) is 0. The maximum absolute atomic E-state index is 4.27. The molecule has 0 radical (unpaired) electrons. The van der Waals surface area contributed by atoms with Crippen molar-refractivity contribution < 1.29 is 0 Å². The van der Waals surface area contributed by atoms with E-state index in [1.807, 2.05) is 18.5 Å². The van der Waals surface area contributed by atoms with E-state index in [1.54, 1.807) is 11.3 Å². The van der Waals surface area contributed by atoms with Crippen molar-refractivity contribution in [2.24, 2.45) is 0 Å². The maximum Gasteiger partial charge on any atom is 0.0353 e. The zero-order chi connectivity index (χ0) is 10.1. The average Bonchev–Trinajstić information content (AvgIpc) is 2.82. The van der Waals surface area contributed by atoms with Gasteiger partial charge in [-0.2, -0.15) is 11.3 Å². The topological polar surface area (TPSA) is 12.9 Å². The van der Waals surface area contributed by atoms with E-state index >= 15 is 0 Å². The van der Waals surface area contributed by atoms with Gasteiger partial charge in [0, 0.05) is 23.3 Å². The fraction of sp³-hybridized carbons (Fsp3) is 0. The van der Waals surface area contributed by atoms with Crippen molar-refractivity contribution in [1.29, 1.82) is 0 Å². The fourth-order valence-electron chi connectivity index (χ4n) is 1.76.